The lowest BCUT2D eigenvalue weighted by Crippen LogP contribution is -2.44. The molecule has 0 bridgehead atoms. The Kier molecular flexibility index (Phi) is 5.11. The summed E-state index contributed by atoms with van der Waals surface area (Å²) in [6.45, 7) is 5.56. The lowest BCUT2D eigenvalue weighted by molar-refractivity contribution is -0.138. The molecule has 0 spiro atoms. The van der Waals surface area contributed by atoms with E-state index in [0.717, 1.165) is 11.1 Å². The maximum absolute atomic E-state index is 12.4. The van der Waals surface area contributed by atoms with Crippen molar-refractivity contribution < 1.29 is 9.59 Å². The minimum absolute atomic E-state index is 0.320. The molecule has 0 unspecified atom stereocenters. The first-order valence-corrected chi connectivity index (χ1v) is 7.45. The lowest BCUT2D eigenvalue weighted by Gasteiger charge is -2.22. The van der Waals surface area contributed by atoms with Crippen molar-refractivity contribution >= 4 is 17.5 Å². The molecule has 0 saturated carbocycles. The number of benzene rings is 1. The smallest absolute Gasteiger partial charge is 0.239 e. The molecule has 5 nitrogen and oxygen atoms in total. The molecule has 5 heteroatoms. The number of carbonyl (C=O) groups is 2. The normalized spacial score (nSPS) is 10.9. The van der Waals surface area contributed by atoms with E-state index >= 15 is 0 Å². The molecule has 2 amide bonds. The first-order chi connectivity index (χ1) is 10.9. The second-order valence-electron chi connectivity index (χ2n) is 5.98. The number of carbonyl (C=O) groups excluding carboxylic acids is 2. The molecule has 0 atom stereocenters. The van der Waals surface area contributed by atoms with Crippen LogP contribution in [0.15, 0.2) is 48.8 Å². The van der Waals surface area contributed by atoms with Crippen molar-refractivity contribution in [3.8, 4) is 0 Å². The van der Waals surface area contributed by atoms with Crippen LogP contribution >= 0.6 is 0 Å². The van der Waals surface area contributed by atoms with E-state index in [4.69, 9.17) is 0 Å². The van der Waals surface area contributed by atoms with Crippen LogP contribution in [0.4, 0.5) is 5.69 Å². The molecule has 1 aromatic carbocycles. The quantitative estimate of drug-likeness (QED) is 0.834. The van der Waals surface area contributed by atoms with Gasteiger partial charge in [-0.05, 0) is 50.6 Å². The fourth-order valence-electron chi connectivity index (χ4n) is 1.93. The number of anilines is 1. The summed E-state index contributed by atoms with van der Waals surface area (Å²) in [4.78, 5) is 28.7. The van der Waals surface area contributed by atoms with Gasteiger partial charge in [-0.15, -0.1) is 0 Å². The molecule has 2 aromatic rings. The average Bonchev–Trinajstić information content (AvgIpc) is 2.55. The standard InChI is InChI=1S/C18H21N3O2/c1-13-4-6-15(7-5-13)21-17(23)18(2,3)16(22)20-12-14-8-10-19-11-9-14/h4-11H,12H2,1-3H3,(H,20,22)(H,21,23). The molecule has 1 aromatic heterocycles. The van der Waals surface area contributed by atoms with Gasteiger partial charge in [-0.1, -0.05) is 17.7 Å². The van der Waals surface area contributed by atoms with Gasteiger partial charge in [0.1, 0.15) is 5.41 Å². The molecular weight excluding hydrogens is 290 g/mol. The number of nitrogens with one attached hydrogen (secondary N) is 2. The summed E-state index contributed by atoms with van der Waals surface area (Å²) in [5.41, 5.74) is 1.55. The zero-order valence-corrected chi connectivity index (χ0v) is 13.6. The van der Waals surface area contributed by atoms with Crippen molar-refractivity contribution in [2.75, 3.05) is 5.32 Å². The summed E-state index contributed by atoms with van der Waals surface area (Å²) in [5.74, 6) is -0.660. The number of hydrogen-bond acceptors (Lipinski definition) is 3. The molecule has 1 heterocycles. The van der Waals surface area contributed by atoms with Crippen molar-refractivity contribution in [3.05, 3.63) is 59.9 Å². The Labute approximate surface area is 136 Å². The second-order valence-corrected chi connectivity index (χ2v) is 5.98. The van der Waals surface area contributed by atoms with Crippen LogP contribution in [-0.4, -0.2) is 16.8 Å². The third-order valence-corrected chi connectivity index (χ3v) is 3.65. The van der Waals surface area contributed by atoms with Gasteiger partial charge in [0.15, 0.2) is 0 Å². The van der Waals surface area contributed by atoms with Gasteiger partial charge in [0.2, 0.25) is 11.8 Å². The number of aromatic nitrogens is 1. The summed E-state index contributed by atoms with van der Waals surface area (Å²) in [6.07, 6.45) is 3.33. The molecule has 0 fully saturated rings. The van der Waals surface area contributed by atoms with Gasteiger partial charge in [0, 0.05) is 24.6 Å². The Morgan fingerprint density at radius 1 is 1.00 bits per heavy atom. The SMILES string of the molecule is Cc1ccc(NC(=O)C(C)(C)C(=O)NCc2ccncc2)cc1. The third kappa shape index (κ3) is 4.39. The largest absolute Gasteiger partial charge is 0.351 e. The summed E-state index contributed by atoms with van der Waals surface area (Å²) >= 11 is 0. The highest BCUT2D eigenvalue weighted by Gasteiger charge is 2.35. The number of aryl methyl sites for hydroxylation is 1. The summed E-state index contributed by atoms with van der Waals surface area (Å²) < 4.78 is 0. The molecule has 0 aliphatic heterocycles. The maximum Gasteiger partial charge on any atom is 0.239 e. The first kappa shape index (κ1) is 16.7. The Morgan fingerprint density at radius 3 is 2.22 bits per heavy atom. The van der Waals surface area contributed by atoms with Crippen molar-refractivity contribution in [3.63, 3.8) is 0 Å². The van der Waals surface area contributed by atoms with Crippen LogP contribution < -0.4 is 10.6 Å². The van der Waals surface area contributed by atoms with Crippen molar-refractivity contribution in [1.29, 1.82) is 0 Å². The monoisotopic (exact) mass is 311 g/mol. The zero-order chi connectivity index (χ0) is 16.9. The predicted molar refractivity (Wildman–Crippen MR) is 89.7 cm³/mol. The number of pyridine rings is 1. The summed E-state index contributed by atoms with van der Waals surface area (Å²) in [7, 11) is 0. The van der Waals surface area contributed by atoms with Gasteiger partial charge in [0.05, 0.1) is 0 Å². The van der Waals surface area contributed by atoms with Crippen LogP contribution in [0.25, 0.3) is 0 Å². The van der Waals surface area contributed by atoms with Gasteiger partial charge < -0.3 is 10.6 Å². The van der Waals surface area contributed by atoms with Crippen LogP contribution in [0.3, 0.4) is 0 Å². The molecule has 0 saturated heterocycles. The molecule has 23 heavy (non-hydrogen) atoms. The van der Waals surface area contributed by atoms with Gasteiger partial charge in [-0.25, -0.2) is 0 Å². The van der Waals surface area contributed by atoms with Crippen molar-refractivity contribution in [2.24, 2.45) is 5.41 Å². The fourth-order valence-corrected chi connectivity index (χ4v) is 1.93. The van der Waals surface area contributed by atoms with E-state index < -0.39 is 5.41 Å². The molecule has 2 N–H and O–H groups in total. The minimum atomic E-state index is -1.17. The molecule has 0 aliphatic rings. The van der Waals surface area contributed by atoms with E-state index in [2.05, 4.69) is 15.6 Å². The zero-order valence-electron chi connectivity index (χ0n) is 13.6. The van der Waals surface area contributed by atoms with Crippen LogP contribution in [-0.2, 0) is 16.1 Å². The highest BCUT2D eigenvalue weighted by molar-refractivity contribution is 6.09. The Balaban J connectivity index is 1.97. The number of nitrogens with zero attached hydrogens (tertiary/aromatic N) is 1. The van der Waals surface area contributed by atoms with E-state index in [-0.39, 0.29) is 11.8 Å². The predicted octanol–water partition coefficient (Wildman–Crippen LogP) is 2.67. The van der Waals surface area contributed by atoms with Crippen LogP contribution in [0.2, 0.25) is 0 Å². The van der Waals surface area contributed by atoms with Gasteiger partial charge >= 0.3 is 0 Å². The maximum atomic E-state index is 12.4. The molecule has 120 valence electrons. The first-order valence-electron chi connectivity index (χ1n) is 7.45. The average molecular weight is 311 g/mol. The second kappa shape index (κ2) is 7.05. The highest BCUT2D eigenvalue weighted by Crippen LogP contribution is 2.19. The van der Waals surface area contributed by atoms with Crippen LogP contribution in [0.1, 0.15) is 25.0 Å². The number of amides is 2. The molecular formula is C18H21N3O2. The molecule has 0 radical (unpaired) electrons. The fraction of sp³-hybridized carbons (Fsp3) is 0.278. The van der Waals surface area contributed by atoms with Gasteiger partial charge in [-0.2, -0.15) is 0 Å². The van der Waals surface area contributed by atoms with E-state index in [9.17, 15) is 9.59 Å². The minimum Gasteiger partial charge on any atom is -0.351 e. The van der Waals surface area contributed by atoms with Crippen molar-refractivity contribution in [1.82, 2.24) is 10.3 Å². The summed E-state index contributed by atoms with van der Waals surface area (Å²) in [6, 6.07) is 11.1. The van der Waals surface area contributed by atoms with Crippen molar-refractivity contribution in [2.45, 2.75) is 27.3 Å². The topological polar surface area (TPSA) is 71.1 Å². The van der Waals surface area contributed by atoms with E-state index in [1.807, 2.05) is 43.3 Å². The van der Waals surface area contributed by atoms with Gasteiger partial charge in [0.25, 0.3) is 0 Å². The third-order valence-electron chi connectivity index (χ3n) is 3.65. The molecule has 2 rings (SSSR count). The highest BCUT2D eigenvalue weighted by atomic mass is 16.2. The van der Waals surface area contributed by atoms with Crippen LogP contribution in [0.5, 0.6) is 0 Å². The van der Waals surface area contributed by atoms with E-state index in [0.29, 0.717) is 12.2 Å². The van der Waals surface area contributed by atoms with E-state index in [1.54, 1.807) is 26.2 Å². The molecule has 0 aliphatic carbocycles. The Bertz CT molecular complexity index is 679. The summed E-state index contributed by atoms with van der Waals surface area (Å²) in [5, 5.41) is 5.57. The Morgan fingerprint density at radius 2 is 1.61 bits per heavy atom. The number of rotatable bonds is 5. The van der Waals surface area contributed by atoms with Crippen LogP contribution in [0, 0.1) is 12.3 Å². The Hall–Kier alpha value is -2.69. The van der Waals surface area contributed by atoms with Gasteiger partial charge in [-0.3, -0.25) is 14.6 Å². The number of hydrogen-bond donors (Lipinski definition) is 2. The lowest BCUT2D eigenvalue weighted by atomic mass is 9.90. The van der Waals surface area contributed by atoms with E-state index in [1.165, 1.54) is 0 Å².